The first-order valence-electron chi connectivity index (χ1n) is 9.35. The summed E-state index contributed by atoms with van der Waals surface area (Å²) in [6, 6.07) is 9.85. The third-order valence-electron chi connectivity index (χ3n) is 5.53. The molecule has 1 saturated carbocycles. The molecule has 1 fully saturated rings. The number of hydrogen-bond donors (Lipinski definition) is 0. The van der Waals surface area contributed by atoms with E-state index in [4.69, 9.17) is 0 Å². The number of alkyl halides is 3. The van der Waals surface area contributed by atoms with Gasteiger partial charge in [-0.1, -0.05) is 44.0 Å². The molecule has 26 heavy (non-hydrogen) atoms. The minimum atomic E-state index is -4.38. The van der Waals surface area contributed by atoms with Crippen LogP contribution >= 0.6 is 0 Å². The summed E-state index contributed by atoms with van der Waals surface area (Å²) in [6.45, 7) is 2.21. The molecule has 0 atom stereocenters. The fraction of sp³-hybridized carbons (Fsp3) is 0.455. The van der Waals surface area contributed by atoms with E-state index >= 15 is 0 Å². The lowest BCUT2D eigenvalue weighted by Crippen LogP contribution is -2.13. The smallest absolute Gasteiger partial charge is 0.206 e. The molecule has 0 bridgehead atoms. The molecule has 3 rings (SSSR count). The molecular weight excluding hydrogens is 340 g/mol. The second-order valence-corrected chi connectivity index (χ2v) is 7.32. The molecular formula is C22H24F4. The highest BCUT2D eigenvalue weighted by Gasteiger charge is 2.30. The highest BCUT2D eigenvalue weighted by atomic mass is 19.4. The average Bonchev–Trinajstić information content (AvgIpc) is 2.62. The second kappa shape index (κ2) is 7.81. The summed E-state index contributed by atoms with van der Waals surface area (Å²) in [4.78, 5) is 0. The standard InChI is InChI=1S/C22H24F4/c1-2-3-15-4-6-16(7-5-15)18-10-13-20(21(23)14-18)17-8-11-19(12-9-17)22(24,25)26/h8-16H,2-7H2,1H3. The summed E-state index contributed by atoms with van der Waals surface area (Å²) in [6.07, 6.45) is 2.67. The number of halogens is 4. The summed E-state index contributed by atoms with van der Waals surface area (Å²) in [7, 11) is 0. The van der Waals surface area contributed by atoms with Crippen molar-refractivity contribution in [1.29, 1.82) is 0 Å². The Kier molecular flexibility index (Phi) is 5.69. The molecule has 140 valence electrons. The maximum atomic E-state index is 14.6. The topological polar surface area (TPSA) is 0 Å². The first kappa shape index (κ1) is 18.9. The van der Waals surface area contributed by atoms with Crippen LogP contribution in [0.3, 0.4) is 0 Å². The molecule has 2 aromatic rings. The number of rotatable bonds is 4. The van der Waals surface area contributed by atoms with Crippen LogP contribution in [0.5, 0.6) is 0 Å². The monoisotopic (exact) mass is 364 g/mol. The average molecular weight is 364 g/mol. The van der Waals surface area contributed by atoms with Gasteiger partial charge in [0.25, 0.3) is 0 Å². The maximum Gasteiger partial charge on any atom is 0.416 e. The summed E-state index contributed by atoms with van der Waals surface area (Å²) in [5, 5.41) is 0. The van der Waals surface area contributed by atoms with Crippen LogP contribution in [0.2, 0.25) is 0 Å². The Hall–Kier alpha value is -1.84. The van der Waals surface area contributed by atoms with Crippen LogP contribution in [0.4, 0.5) is 17.6 Å². The van der Waals surface area contributed by atoms with Crippen molar-refractivity contribution in [3.8, 4) is 11.1 Å². The lowest BCUT2D eigenvalue weighted by Gasteiger charge is -2.28. The SMILES string of the molecule is CCCC1CCC(c2ccc(-c3ccc(C(F)(F)F)cc3)c(F)c2)CC1. The number of benzene rings is 2. The minimum Gasteiger partial charge on any atom is -0.206 e. The van der Waals surface area contributed by atoms with Gasteiger partial charge >= 0.3 is 6.18 Å². The Morgan fingerprint density at radius 3 is 2.12 bits per heavy atom. The van der Waals surface area contributed by atoms with Crippen LogP contribution < -0.4 is 0 Å². The molecule has 0 amide bonds. The number of hydrogen-bond acceptors (Lipinski definition) is 0. The zero-order valence-corrected chi connectivity index (χ0v) is 15.0. The first-order valence-corrected chi connectivity index (χ1v) is 9.35. The molecule has 1 aliphatic carbocycles. The fourth-order valence-corrected chi connectivity index (χ4v) is 4.05. The van der Waals surface area contributed by atoms with Crippen LogP contribution in [0.25, 0.3) is 11.1 Å². The third-order valence-corrected chi connectivity index (χ3v) is 5.53. The van der Waals surface area contributed by atoms with E-state index in [1.54, 1.807) is 12.1 Å². The summed E-state index contributed by atoms with van der Waals surface area (Å²) < 4.78 is 52.6. The quantitative estimate of drug-likeness (QED) is 0.490. The first-order chi connectivity index (χ1) is 12.4. The molecule has 1 aliphatic rings. The Balaban J connectivity index is 1.74. The van der Waals surface area contributed by atoms with E-state index in [-0.39, 0.29) is 5.82 Å². The van der Waals surface area contributed by atoms with E-state index < -0.39 is 11.7 Å². The van der Waals surface area contributed by atoms with Gasteiger partial charge < -0.3 is 0 Å². The molecule has 0 N–H and O–H groups in total. The van der Waals surface area contributed by atoms with E-state index in [1.807, 2.05) is 6.07 Å². The van der Waals surface area contributed by atoms with E-state index in [0.29, 0.717) is 17.0 Å². The predicted molar refractivity (Wildman–Crippen MR) is 96.4 cm³/mol. The van der Waals surface area contributed by atoms with Crippen molar-refractivity contribution in [1.82, 2.24) is 0 Å². The predicted octanol–water partition coefficient (Wildman–Crippen LogP) is 7.59. The minimum absolute atomic E-state index is 0.349. The van der Waals surface area contributed by atoms with E-state index in [9.17, 15) is 17.6 Å². The van der Waals surface area contributed by atoms with Gasteiger partial charge in [-0.25, -0.2) is 4.39 Å². The Morgan fingerprint density at radius 2 is 1.58 bits per heavy atom. The third kappa shape index (κ3) is 4.28. The van der Waals surface area contributed by atoms with Gasteiger partial charge in [0.1, 0.15) is 5.82 Å². The normalized spacial score (nSPS) is 21.0. The summed E-state index contributed by atoms with van der Waals surface area (Å²) in [5.41, 5.74) is 1.10. The van der Waals surface area contributed by atoms with Crippen LogP contribution in [0, 0.1) is 11.7 Å². The molecule has 0 aromatic heterocycles. The fourth-order valence-electron chi connectivity index (χ4n) is 4.05. The van der Waals surface area contributed by atoms with Crippen molar-refractivity contribution in [2.75, 3.05) is 0 Å². The van der Waals surface area contributed by atoms with Crippen LogP contribution in [0.1, 0.15) is 62.5 Å². The molecule has 0 heterocycles. The van der Waals surface area contributed by atoms with E-state index in [1.165, 1.54) is 37.8 Å². The van der Waals surface area contributed by atoms with Gasteiger partial charge in [-0.05, 0) is 66.8 Å². The van der Waals surface area contributed by atoms with Gasteiger partial charge in [-0.3, -0.25) is 0 Å². The molecule has 2 aromatic carbocycles. The van der Waals surface area contributed by atoms with Gasteiger partial charge in [0.15, 0.2) is 0 Å². The van der Waals surface area contributed by atoms with Gasteiger partial charge in [-0.15, -0.1) is 0 Å². The molecule has 0 aliphatic heterocycles. The van der Waals surface area contributed by atoms with Gasteiger partial charge in [-0.2, -0.15) is 13.2 Å². The Morgan fingerprint density at radius 1 is 0.923 bits per heavy atom. The second-order valence-electron chi connectivity index (χ2n) is 7.32. The molecule has 0 radical (unpaired) electrons. The molecule has 0 nitrogen and oxygen atoms in total. The maximum absolute atomic E-state index is 14.6. The highest BCUT2D eigenvalue weighted by Crippen LogP contribution is 2.39. The van der Waals surface area contributed by atoms with Gasteiger partial charge in [0.2, 0.25) is 0 Å². The zero-order valence-electron chi connectivity index (χ0n) is 15.0. The molecule has 0 saturated heterocycles. The van der Waals surface area contributed by atoms with Crippen molar-refractivity contribution < 1.29 is 17.6 Å². The largest absolute Gasteiger partial charge is 0.416 e. The van der Waals surface area contributed by atoms with Crippen molar-refractivity contribution in [2.45, 2.75) is 57.5 Å². The zero-order chi connectivity index (χ0) is 18.7. The molecule has 4 heteroatoms. The Labute approximate surface area is 152 Å². The lowest BCUT2D eigenvalue weighted by molar-refractivity contribution is -0.137. The van der Waals surface area contributed by atoms with E-state index in [2.05, 4.69) is 6.92 Å². The highest BCUT2D eigenvalue weighted by molar-refractivity contribution is 5.65. The van der Waals surface area contributed by atoms with Crippen molar-refractivity contribution in [3.05, 3.63) is 59.4 Å². The summed E-state index contributed by atoms with van der Waals surface area (Å²) >= 11 is 0. The van der Waals surface area contributed by atoms with Crippen molar-refractivity contribution in [3.63, 3.8) is 0 Å². The summed E-state index contributed by atoms with van der Waals surface area (Å²) in [5.74, 6) is 0.824. The lowest BCUT2D eigenvalue weighted by atomic mass is 9.77. The van der Waals surface area contributed by atoms with Gasteiger partial charge in [0.05, 0.1) is 5.56 Å². The van der Waals surface area contributed by atoms with Crippen LogP contribution in [-0.4, -0.2) is 0 Å². The molecule has 0 unspecified atom stereocenters. The van der Waals surface area contributed by atoms with E-state index in [0.717, 1.165) is 36.5 Å². The van der Waals surface area contributed by atoms with Gasteiger partial charge in [0, 0.05) is 5.56 Å². The van der Waals surface area contributed by atoms with Crippen LogP contribution in [0.15, 0.2) is 42.5 Å². The van der Waals surface area contributed by atoms with Crippen molar-refractivity contribution in [2.24, 2.45) is 5.92 Å². The van der Waals surface area contributed by atoms with Crippen molar-refractivity contribution >= 4 is 0 Å². The molecule has 0 spiro atoms. The van der Waals surface area contributed by atoms with Crippen LogP contribution in [-0.2, 0) is 6.18 Å². The Bertz CT molecular complexity index is 723.